The second kappa shape index (κ2) is 9.00. The first-order chi connectivity index (χ1) is 12.0. The molecule has 1 aliphatic heterocycles. The number of guanidine groups is 1. The number of aliphatic imine (C=N–C) groups is 1. The van der Waals surface area contributed by atoms with Crippen LogP contribution < -0.4 is 16.4 Å². The van der Waals surface area contributed by atoms with E-state index in [9.17, 15) is 14.0 Å². The predicted octanol–water partition coefficient (Wildman–Crippen LogP) is 0.927. The van der Waals surface area contributed by atoms with Crippen molar-refractivity contribution < 1.29 is 14.0 Å². The number of nitrogens with one attached hydrogen (secondary N) is 2. The molecule has 7 nitrogen and oxygen atoms in total. The number of likely N-dealkylation sites (tertiary alicyclic amines) is 1. The van der Waals surface area contributed by atoms with Crippen LogP contribution in [0.3, 0.4) is 0 Å². The molecule has 4 N–H and O–H groups in total. The maximum Gasteiger partial charge on any atom is 0.243 e. The van der Waals surface area contributed by atoms with Gasteiger partial charge in [0.2, 0.25) is 11.8 Å². The third kappa shape index (κ3) is 6.06. The highest BCUT2D eigenvalue weighted by Gasteiger charge is 2.23. The summed E-state index contributed by atoms with van der Waals surface area (Å²) >= 11 is 0. The first-order valence-corrected chi connectivity index (χ1v) is 8.27. The Morgan fingerprint density at radius 1 is 1.36 bits per heavy atom. The van der Waals surface area contributed by atoms with Gasteiger partial charge in [0.1, 0.15) is 5.82 Å². The number of rotatable bonds is 5. The van der Waals surface area contributed by atoms with Gasteiger partial charge in [0, 0.05) is 32.2 Å². The molecule has 8 heteroatoms. The minimum absolute atomic E-state index is 0.0427. The smallest absolute Gasteiger partial charge is 0.243 e. The second-order valence-corrected chi connectivity index (χ2v) is 6.08. The molecule has 1 atom stereocenters. The van der Waals surface area contributed by atoms with E-state index in [1.807, 2.05) is 4.90 Å². The average Bonchev–Trinajstić information content (AvgIpc) is 2.57. The quantitative estimate of drug-likeness (QED) is 0.544. The lowest BCUT2D eigenvalue weighted by atomic mass is 9.95. The molecule has 1 aromatic rings. The molecule has 0 aromatic heterocycles. The van der Waals surface area contributed by atoms with Gasteiger partial charge in [0.05, 0.1) is 6.54 Å². The molecular weight excluding hydrogens is 325 g/mol. The van der Waals surface area contributed by atoms with Crippen LogP contribution >= 0.6 is 0 Å². The first kappa shape index (κ1) is 18.7. The Hall–Kier alpha value is -2.64. The Labute approximate surface area is 146 Å². The monoisotopic (exact) mass is 349 g/mol. The van der Waals surface area contributed by atoms with Crippen molar-refractivity contribution in [2.45, 2.75) is 19.3 Å². The summed E-state index contributed by atoms with van der Waals surface area (Å²) in [6.07, 6.45) is 2.26. The Morgan fingerprint density at radius 2 is 2.08 bits per heavy atom. The van der Waals surface area contributed by atoms with E-state index in [4.69, 9.17) is 5.73 Å². The Balaban J connectivity index is 1.83. The highest BCUT2D eigenvalue weighted by molar-refractivity contribution is 5.95. The minimum atomic E-state index is -0.354. The van der Waals surface area contributed by atoms with Crippen LogP contribution in [0.5, 0.6) is 0 Å². The van der Waals surface area contributed by atoms with E-state index in [0.29, 0.717) is 24.6 Å². The van der Waals surface area contributed by atoms with E-state index < -0.39 is 0 Å². The lowest BCUT2D eigenvalue weighted by Crippen LogP contribution is -2.48. The topological polar surface area (TPSA) is 99.8 Å². The first-order valence-electron chi connectivity index (χ1n) is 8.27. The fourth-order valence-electron chi connectivity index (χ4n) is 2.94. The number of piperidine rings is 1. The number of carbonyl (C=O) groups is 2. The normalized spacial score (nSPS) is 17.9. The molecule has 0 spiro atoms. The van der Waals surface area contributed by atoms with E-state index in [-0.39, 0.29) is 30.1 Å². The largest absolute Gasteiger partial charge is 0.370 e. The van der Waals surface area contributed by atoms with Gasteiger partial charge < -0.3 is 21.3 Å². The molecule has 2 amide bonds. The van der Waals surface area contributed by atoms with Crippen molar-refractivity contribution >= 4 is 23.5 Å². The van der Waals surface area contributed by atoms with Gasteiger partial charge in [0.25, 0.3) is 0 Å². The lowest BCUT2D eigenvalue weighted by molar-refractivity contribution is -0.119. The van der Waals surface area contributed by atoms with Crippen LogP contribution in [-0.2, 0) is 9.59 Å². The van der Waals surface area contributed by atoms with E-state index in [1.54, 1.807) is 7.05 Å². The number of benzene rings is 1. The molecule has 1 saturated heterocycles. The van der Waals surface area contributed by atoms with Crippen LogP contribution in [-0.4, -0.2) is 49.4 Å². The van der Waals surface area contributed by atoms with Crippen LogP contribution in [0.1, 0.15) is 19.3 Å². The van der Waals surface area contributed by atoms with Gasteiger partial charge in [-0.1, -0.05) is 0 Å². The number of nitrogens with zero attached hydrogens (tertiary/aromatic N) is 2. The molecule has 0 aliphatic carbocycles. The van der Waals surface area contributed by atoms with E-state index in [1.165, 1.54) is 24.3 Å². The maximum absolute atomic E-state index is 12.9. The molecule has 0 bridgehead atoms. The molecule has 136 valence electrons. The molecule has 1 fully saturated rings. The van der Waals surface area contributed by atoms with Gasteiger partial charge in [-0.15, -0.1) is 0 Å². The van der Waals surface area contributed by atoms with Crippen molar-refractivity contribution in [2.24, 2.45) is 16.6 Å². The zero-order chi connectivity index (χ0) is 18.2. The van der Waals surface area contributed by atoms with Gasteiger partial charge in [0.15, 0.2) is 5.96 Å². The number of primary amides is 1. The van der Waals surface area contributed by atoms with Crippen LogP contribution in [0, 0.1) is 11.7 Å². The molecule has 0 radical (unpaired) electrons. The highest BCUT2D eigenvalue weighted by atomic mass is 19.1. The second-order valence-electron chi connectivity index (χ2n) is 6.08. The van der Waals surface area contributed by atoms with Crippen molar-refractivity contribution in [3.63, 3.8) is 0 Å². The Morgan fingerprint density at radius 3 is 2.72 bits per heavy atom. The molecule has 1 heterocycles. The SMILES string of the molecule is CN=C(NCC(=O)Nc1ccc(F)cc1)N1CCCC(CC(N)=O)C1. The van der Waals surface area contributed by atoms with Crippen molar-refractivity contribution in [1.29, 1.82) is 0 Å². The van der Waals surface area contributed by atoms with Crippen LogP contribution in [0.4, 0.5) is 10.1 Å². The standard InChI is InChI=1S/C17H24FN5O2/c1-20-17(23-8-2-3-12(11-23)9-15(19)24)21-10-16(25)22-14-6-4-13(18)5-7-14/h4-7,12H,2-3,8-11H2,1H3,(H2,19,24)(H,20,21)(H,22,25). The fourth-order valence-corrected chi connectivity index (χ4v) is 2.94. The number of nitrogens with two attached hydrogens (primary N) is 1. The molecule has 25 heavy (non-hydrogen) atoms. The predicted molar refractivity (Wildman–Crippen MR) is 94.5 cm³/mol. The van der Waals surface area contributed by atoms with E-state index in [2.05, 4.69) is 15.6 Å². The summed E-state index contributed by atoms with van der Waals surface area (Å²) in [7, 11) is 1.65. The number of hydrogen-bond donors (Lipinski definition) is 3. The molecule has 1 aromatic carbocycles. The number of anilines is 1. The van der Waals surface area contributed by atoms with Gasteiger partial charge in [-0.3, -0.25) is 14.6 Å². The number of amides is 2. The van der Waals surface area contributed by atoms with Crippen molar-refractivity contribution in [3.05, 3.63) is 30.1 Å². The summed E-state index contributed by atoms with van der Waals surface area (Å²) in [6.45, 7) is 1.54. The van der Waals surface area contributed by atoms with Gasteiger partial charge in [-0.2, -0.15) is 0 Å². The average molecular weight is 349 g/mol. The van der Waals surface area contributed by atoms with Crippen molar-refractivity contribution in [2.75, 3.05) is 32.0 Å². The highest BCUT2D eigenvalue weighted by Crippen LogP contribution is 2.19. The molecule has 1 unspecified atom stereocenters. The summed E-state index contributed by atoms with van der Waals surface area (Å²) in [5, 5.41) is 5.70. The van der Waals surface area contributed by atoms with Gasteiger partial charge in [-0.05, 0) is 43.0 Å². The zero-order valence-electron chi connectivity index (χ0n) is 14.3. The van der Waals surface area contributed by atoms with Crippen LogP contribution in [0.2, 0.25) is 0 Å². The van der Waals surface area contributed by atoms with Crippen molar-refractivity contribution in [1.82, 2.24) is 10.2 Å². The summed E-state index contributed by atoms with van der Waals surface area (Å²) < 4.78 is 12.9. The van der Waals surface area contributed by atoms with E-state index >= 15 is 0 Å². The Bertz CT molecular complexity index is 632. The summed E-state index contributed by atoms with van der Waals surface area (Å²) in [5.74, 6) is -0.0830. The van der Waals surface area contributed by atoms with Crippen LogP contribution in [0.15, 0.2) is 29.3 Å². The summed E-state index contributed by atoms with van der Waals surface area (Å²) in [6, 6.07) is 5.57. The minimum Gasteiger partial charge on any atom is -0.370 e. The van der Waals surface area contributed by atoms with Crippen molar-refractivity contribution in [3.8, 4) is 0 Å². The third-order valence-electron chi connectivity index (χ3n) is 4.06. The lowest BCUT2D eigenvalue weighted by Gasteiger charge is -2.34. The maximum atomic E-state index is 12.9. The summed E-state index contributed by atoms with van der Waals surface area (Å²) in [5.41, 5.74) is 5.81. The summed E-state index contributed by atoms with van der Waals surface area (Å²) in [4.78, 5) is 29.3. The van der Waals surface area contributed by atoms with E-state index in [0.717, 1.165) is 19.4 Å². The number of hydrogen-bond acceptors (Lipinski definition) is 3. The number of carbonyl (C=O) groups excluding carboxylic acids is 2. The zero-order valence-corrected chi connectivity index (χ0v) is 14.3. The Kier molecular flexibility index (Phi) is 6.73. The van der Waals surface area contributed by atoms with Crippen LogP contribution in [0.25, 0.3) is 0 Å². The third-order valence-corrected chi connectivity index (χ3v) is 4.06. The number of halogens is 1. The molecular formula is C17H24FN5O2. The van der Waals surface area contributed by atoms with Gasteiger partial charge in [-0.25, -0.2) is 4.39 Å². The molecule has 0 saturated carbocycles. The fraction of sp³-hybridized carbons (Fsp3) is 0.471. The van der Waals surface area contributed by atoms with Gasteiger partial charge >= 0.3 is 0 Å². The molecule has 2 rings (SSSR count). The molecule has 1 aliphatic rings.